The molecule has 5 heteroatoms. The maximum Gasteiger partial charge on any atom is 0.160 e. The van der Waals surface area contributed by atoms with Crippen LogP contribution in [-0.4, -0.2) is 19.7 Å². The number of hydrogen-bond donors (Lipinski definition) is 0. The highest BCUT2D eigenvalue weighted by atomic mass is 35.5. The van der Waals surface area contributed by atoms with Crippen LogP contribution < -0.4 is 0 Å². The number of aromatic nitrogens is 4. The van der Waals surface area contributed by atoms with Crippen molar-refractivity contribution in [3.05, 3.63) is 60.1 Å². The van der Waals surface area contributed by atoms with E-state index in [9.17, 15) is 0 Å². The minimum atomic E-state index is 0.710. The Morgan fingerprint density at radius 1 is 0.944 bits per heavy atom. The van der Waals surface area contributed by atoms with Crippen molar-refractivity contribution in [3.63, 3.8) is 0 Å². The second-order valence-electron chi connectivity index (χ2n) is 3.75. The van der Waals surface area contributed by atoms with Crippen LogP contribution in [0.2, 0.25) is 5.02 Å². The summed E-state index contributed by atoms with van der Waals surface area (Å²) in [6.45, 7) is 0. The first-order valence-corrected chi connectivity index (χ1v) is 5.79. The molecule has 0 bridgehead atoms. The Labute approximate surface area is 109 Å². The molecule has 0 aliphatic heterocycles. The van der Waals surface area contributed by atoms with E-state index in [0.29, 0.717) is 5.02 Å². The van der Waals surface area contributed by atoms with Crippen LogP contribution in [-0.2, 0) is 0 Å². The lowest BCUT2D eigenvalue weighted by molar-refractivity contribution is 0.916. The maximum atomic E-state index is 5.85. The van der Waals surface area contributed by atoms with Gasteiger partial charge >= 0.3 is 0 Å². The third kappa shape index (κ3) is 2.10. The van der Waals surface area contributed by atoms with Crippen LogP contribution in [0.5, 0.6) is 0 Å². The minimum Gasteiger partial charge on any atom is -0.289 e. The van der Waals surface area contributed by atoms with E-state index in [1.54, 1.807) is 17.1 Å². The van der Waals surface area contributed by atoms with Crippen LogP contribution in [0.1, 0.15) is 0 Å². The van der Waals surface area contributed by atoms with Gasteiger partial charge in [0.05, 0.1) is 5.69 Å². The second-order valence-corrected chi connectivity index (χ2v) is 4.19. The summed E-state index contributed by atoms with van der Waals surface area (Å²) in [5.41, 5.74) is 1.81. The Morgan fingerprint density at radius 2 is 1.78 bits per heavy atom. The molecule has 3 rings (SSSR count). The highest BCUT2D eigenvalue weighted by Crippen LogP contribution is 2.19. The van der Waals surface area contributed by atoms with E-state index in [1.165, 1.54) is 0 Å². The lowest BCUT2D eigenvalue weighted by Crippen LogP contribution is -1.97. The van der Waals surface area contributed by atoms with Gasteiger partial charge < -0.3 is 0 Å². The molecule has 0 amide bonds. The SMILES string of the molecule is Clc1ccc(-c2ccc(-n3ccnc3)nn2)cc1. The molecule has 0 unspecified atom stereocenters. The molecule has 0 atom stereocenters. The van der Waals surface area contributed by atoms with Gasteiger partial charge in [0.2, 0.25) is 0 Å². The molecular formula is C13H9ClN4. The van der Waals surface area contributed by atoms with E-state index in [0.717, 1.165) is 17.1 Å². The number of rotatable bonds is 2. The Kier molecular flexibility index (Phi) is 2.78. The first kappa shape index (κ1) is 10.9. The molecule has 88 valence electrons. The third-order valence-electron chi connectivity index (χ3n) is 2.56. The molecule has 1 aromatic carbocycles. The largest absolute Gasteiger partial charge is 0.289 e. The van der Waals surface area contributed by atoms with Crippen LogP contribution in [0.4, 0.5) is 0 Å². The van der Waals surface area contributed by atoms with Gasteiger partial charge in [0.15, 0.2) is 5.82 Å². The van der Waals surface area contributed by atoms with Gasteiger partial charge in [-0.25, -0.2) is 4.98 Å². The fourth-order valence-corrected chi connectivity index (χ4v) is 1.76. The van der Waals surface area contributed by atoms with Gasteiger partial charge in [-0.05, 0) is 24.3 Å². The average molecular weight is 257 g/mol. The number of imidazole rings is 1. The van der Waals surface area contributed by atoms with Crippen molar-refractivity contribution in [2.24, 2.45) is 0 Å². The van der Waals surface area contributed by atoms with Gasteiger partial charge in [-0.3, -0.25) is 4.57 Å². The van der Waals surface area contributed by atoms with Crippen LogP contribution in [0, 0.1) is 0 Å². The Bertz CT molecular complexity index is 630. The molecule has 3 aromatic rings. The van der Waals surface area contributed by atoms with E-state index >= 15 is 0 Å². The zero-order valence-corrected chi connectivity index (χ0v) is 10.1. The molecule has 0 spiro atoms. The van der Waals surface area contributed by atoms with Crippen molar-refractivity contribution in [3.8, 4) is 17.1 Å². The van der Waals surface area contributed by atoms with Crippen LogP contribution in [0.15, 0.2) is 55.1 Å². The highest BCUT2D eigenvalue weighted by molar-refractivity contribution is 6.30. The Morgan fingerprint density at radius 3 is 2.39 bits per heavy atom. The summed E-state index contributed by atoms with van der Waals surface area (Å²) in [6.07, 6.45) is 5.22. The summed E-state index contributed by atoms with van der Waals surface area (Å²) in [5, 5.41) is 9.06. The predicted molar refractivity (Wildman–Crippen MR) is 69.6 cm³/mol. The van der Waals surface area contributed by atoms with Crippen molar-refractivity contribution >= 4 is 11.6 Å². The molecule has 18 heavy (non-hydrogen) atoms. The average Bonchev–Trinajstić information content (AvgIpc) is 2.94. The van der Waals surface area contributed by atoms with E-state index < -0.39 is 0 Å². The van der Waals surface area contributed by atoms with Gasteiger partial charge in [0, 0.05) is 23.0 Å². The van der Waals surface area contributed by atoms with Gasteiger partial charge in [-0.2, -0.15) is 0 Å². The lowest BCUT2D eigenvalue weighted by atomic mass is 10.1. The van der Waals surface area contributed by atoms with Crippen LogP contribution >= 0.6 is 11.6 Å². The van der Waals surface area contributed by atoms with Crippen molar-refractivity contribution in [2.75, 3.05) is 0 Å². The Balaban J connectivity index is 1.94. The summed E-state index contributed by atoms with van der Waals surface area (Å²) in [5.74, 6) is 0.741. The van der Waals surface area contributed by atoms with Gasteiger partial charge in [0.25, 0.3) is 0 Å². The number of halogens is 1. The maximum absolute atomic E-state index is 5.85. The highest BCUT2D eigenvalue weighted by Gasteiger charge is 2.02. The summed E-state index contributed by atoms with van der Waals surface area (Å²) in [6, 6.07) is 11.3. The van der Waals surface area contributed by atoms with E-state index in [2.05, 4.69) is 15.2 Å². The van der Waals surface area contributed by atoms with Gasteiger partial charge in [0.1, 0.15) is 6.33 Å². The zero-order chi connectivity index (χ0) is 12.4. The van der Waals surface area contributed by atoms with Crippen LogP contribution in [0.3, 0.4) is 0 Å². The van der Waals surface area contributed by atoms with E-state index in [4.69, 9.17) is 11.6 Å². The summed E-state index contributed by atoms with van der Waals surface area (Å²) in [4.78, 5) is 3.97. The molecule has 2 aromatic heterocycles. The molecule has 4 nitrogen and oxygen atoms in total. The van der Waals surface area contributed by atoms with Crippen molar-refractivity contribution in [2.45, 2.75) is 0 Å². The number of benzene rings is 1. The lowest BCUT2D eigenvalue weighted by Gasteiger charge is -2.02. The topological polar surface area (TPSA) is 43.6 Å². The molecule has 0 aliphatic rings. The van der Waals surface area contributed by atoms with Crippen molar-refractivity contribution in [1.29, 1.82) is 0 Å². The molecule has 0 saturated heterocycles. The zero-order valence-electron chi connectivity index (χ0n) is 9.36. The summed E-state index contributed by atoms with van der Waals surface area (Å²) >= 11 is 5.85. The Hall–Kier alpha value is -2.20. The van der Waals surface area contributed by atoms with Gasteiger partial charge in [-0.1, -0.05) is 23.7 Å². The summed E-state index contributed by atoms with van der Waals surface area (Å²) in [7, 11) is 0. The fourth-order valence-electron chi connectivity index (χ4n) is 1.63. The number of hydrogen-bond acceptors (Lipinski definition) is 3. The van der Waals surface area contributed by atoms with E-state index in [1.807, 2.05) is 42.6 Å². The molecule has 2 heterocycles. The predicted octanol–water partition coefficient (Wildman–Crippen LogP) is 2.98. The first-order valence-electron chi connectivity index (χ1n) is 5.41. The molecule has 0 fully saturated rings. The van der Waals surface area contributed by atoms with E-state index in [-0.39, 0.29) is 0 Å². The molecule has 0 radical (unpaired) electrons. The molecule has 0 N–H and O–H groups in total. The van der Waals surface area contributed by atoms with Crippen LogP contribution in [0.25, 0.3) is 17.1 Å². The molecule has 0 aliphatic carbocycles. The van der Waals surface area contributed by atoms with Crippen molar-refractivity contribution in [1.82, 2.24) is 19.7 Å². The van der Waals surface area contributed by atoms with Gasteiger partial charge in [-0.15, -0.1) is 10.2 Å². The molecule has 0 saturated carbocycles. The fraction of sp³-hybridized carbons (Fsp3) is 0. The number of nitrogens with zero attached hydrogens (tertiary/aromatic N) is 4. The monoisotopic (exact) mass is 256 g/mol. The minimum absolute atomic E-state index is 0.710. The summed E-state index contributed by atoms with van der Waals surface area (Å²) < 4.78 is 1.80. The standard InChI is InChI=1S/C13H9ClN4/c14-11-3-1-10(2-4-11)12-5-6-13(17-16-12)18-8-7-15-9-18/h1-9H. The quantitative estimate of drug-likeness (QED) is 0.708. The third-order valence-corrected chi connectivity index (χ3v) is 2.81. The second kappa shape index (κ2) is 4.58. The first-order chi connectivity index (χ1) is 8.83. The molecular weight excluding hydrogens is 248 g/mol. The normalized spacial score (nSPS) is 10.5. The van der Waals surface area contributed by atoms with Crippen molar-refractivity contribution < 1.29 is 0 Å². The smallest absolute Gasteiger partial charge is 0.160 e.